The summed E-state index contributed by atoms with van der Waals surface area (Å²) >= 11 is 0. The molecule has 0 aliphatic rings. The predicted molar refractivity (Wildman–Crippen MR) is 144 cm³/mol. The number of aliphatic hydroxyl groups excluding tert-OH is 1. The fourth-order valence-electron chi connectivity index (χ4n) is 3.77. The summed E-state index contributed by atoms with van der Waals surface area (Å²) in [5.74, 6) is 0.782. The van der Waals surface area contributed by atoms with Crippen molar-refractivity contribution in [2.45, 2.75) is 24.3 Å². The lowest BCUT2D eigenvalue weighted by Crippen LogP contribution is -2.16. The number of aliphatic hydroxyl groups is 1. The van der Waals surface area contributed by atoms with Gasteiger partial charge in [0.2, 0.25) is 0 Å². The minimum Gasteiger partial charge on any atom is -0.495 e. The zero-order chi connectivity index (χ0) is 27.3. The number of nitrogens with zero attached hydrogens (tertiary/aromatic N) is 4. The number of aromatic nitrogens is 4. The Balaban J connectivity index is 1.70. The van der Waals surface area contributed by atoms with Gasteiger partial charge in [-0.3, -0.25) is 4.72 Å². The molecule has 3 N–H and O–H groups in total. The van der Waals surface area contributed by atoms with Crippen LogP contribution in [0.3, 0.4) is 0 Å². The van der Waals surface area contributed by atoms with E-state index < -0.39 is 20.7 Å². The highest BCUT2D eigenvalue weighted by Gasteiger charge is 2.23. The van der Waals surface area contributed by atoms with Crippen molar-refractivity contribution < 1.29 is 26.7 Å². The van der Waals surface area contributed by atoms with Crippen LogP contribution in [0.15, 0.2) is 53.7 Å². The second kappa shape index (κ2) is 11.8. The third-order valence-electron chi connectivity index (χ3n) is 5.69. The molecule has 0 aliphatic carbocycles. The van der Waals surface area contributed by atoms with Crippen LogP contribution in [0.5, 0.6) is 5.75 Å². The van der Waals surface area contributed by atoms with Crippen molar-refractivity contribution in [2.24, 2.45) is 7.05 Å². The highest BCUT2D eigenvalue weighted by Crippen LogP contribution is 2.32. The summed E-state index contributed by atoms with van der Waals surface area (Å²) in [4.78, 5) is 13.2. The van der Waals surface area contributed by atoms with Gasteiger partial charge in [-0.25, -0.2) is 23.4 Å². The molecular weight excluding hydrogens is 532 g/mol. The van der Waals surface area contributed by atoms with Crippen molar-refractivity contribution in [3.8, 4) is 5.75 Å². The maximum absolute atomic E-state index is 13.3. The van der Waals surface area contributed by atoms with E-state index in [0.29, 0.717) is 41.1 Å². The summed E-state index contributed by atoms with van der Waals surface area (Å²) in [7, 11) is -3.70. The number of methoxy groups -OCH3 is 1. The molecule has 0 spiro atoms. The smallest absolute Gasteiger partial charge is 0.282 e. The van der Waals surface area contributed by atoms with Crippen LogP contribution in [-0.2, 0) is 40.6 Å². The molecular formula is C24H28N6O6S2. The lowest BCUT2D eigenvalue weighted by Gasteiger charge is -2.16. The molecule has 0 bridgehead atoms. The van der Waals surface area contributed by atoms with Crippen LogP contribution in [0.4, 0.5) is 17.3 Å². The number of ether oxygens (including phenoxy) is 1. The van der Waals surface area contributed by atoms with Crippen molar-refractivity contribution in [1.29, 1.82) is 0 Å². The Labute approximate surface area is 221 Å². The van der Waals surface area contributed by atoms with E-state index in [1.165, 1.54) is 17.9 Å². The molecule has 2 aromatic carbocycles. The second-order valence-electron chi connectivity index (χ2n) is 8.41. The van der Waals surface area contributed by atoms with Crippen molar-refractivity contribution in [3.63, 3.8) is 0 Å². The summed E-state index contributed by atoms with van der Waals surface area (Å²) in [5, 5.41) is 12.0. The Bertz CT molecular complexity index is 1630. The molecule has 0 atom stereocenters. The first-order chi connectivity index (χ1) is 18.2. The quantitative estimate of drug-likeness (QED) is 0.188. The van der Waals surface area contributed by atoms with Gasteiger partial charge in [0.15, 0.2) is 16.7 Å². The van der Waals surface area contributed by atoms with Crippen molar-refractivity contribution in [2.75, 3.05) is 29.5 Å². The number of thiol groups is 1. The van der Waals surface area contributed by atoms with Crippen molar-refractivity contribution >= 4 is 49.1 Å². The van der Waals surface area contributed by atoms with Crippen LogP contribution in [-0.4, -0.2) is 60.9 Å². The summed E-state index contributed by atoms with van der Waals surface area (Å²) in [6, 6.07) is 12.5. The Kier molecular flexibility index (Phi) is 8.44. The Morgan fingerprint density at radius 3 is 2.39 bits per heavy atom. The number of nitrogens with one attached hydrogen (secondary N) is 2. The van der Waals surface area contributed by atoms with Gasteiger partial charge in [0.1, 0.15) is 22.3 Å². The SMILES string of the molecule is COc1cc(CCCO)ccc1Nc1nc2ccccc2nc1NS(=O)(=O)c1cn(C)c(CC[SH](=O)=O)n1. The van der Waals surface area contributed by atoms with Gasteiger partial charge in [0, 0.05) is 26.3 Å². The molecule has 0 saturated heterocycles. The molecule has 2 aromatic heterocycles. The van der Waals surface area contributed by atoms with Crippen LogP contribution in [0, 0.1) is 0 Å². The Morgan fingerprint density at radius 2 is 1.74 bits per heavy atom. The number of aryl methyl sites for hydroxylation is 3. The number of rotatable bonds is 12. The van der Waals surface area contributed by atoms with Gasteiger partial charge in [-0.15, -0.1) is 0 Å². The van der Waals surface area contributed by atoms with Crippen LogP contribution >= 0.6 is 0 Å². The minimum absolute atomic E-state index is 0.0510. The number of imidazole rings is 1. The molecule has 202 valence electrons. The summed E-state index contributed by atoms with van der Waals surface area (Å²) < 4.78 is 57.9. The van der Waals surface area contributed by atoms with E-state index in [4.69, 9.17) is 9.84 Å². The molecule has 0 unspecified atom stereocenters. The normalized spacial score (nSPS) is 11.7. The highest BCUT2D eigenvalue weighted by molar-refractivity contribution is 7.92. The lowest BCUT2D eigenvalue weighted by atomic mass is 10.1. The number of anilines is 3. The number of hydrogen-bond donors (Lipinski definition) is 4. The highest BCUT2D eigenvalue weighted by atomic mass is 32.2. The third-order valence-corrected chi connectivity index (χ3v) is 7.49. The van der Waals surface area contributed by atoms with Gasteiger partial charge in [-0.1, -0.05) is 18.2 Å². The maximum Gasteiger partial charge on any atom is 0.282 e. The van der Waals surface area contributed by atoms with Gasteiger partial charge >= 0.3 is 0 Å². The van der Waals surface area contributed by atoms with E-state index in [-0.39, 0.29) is 35.4 Å². The van der Waals surface area contributed by atoms with E-state index in [1.807, 2.05) is 12.1 Å². The standard InChI is InChI=1S/C24H28N6O6S2/c1-30-15-22(28-21(30)11-13-37(32)33)38(34,35)29-24-23(25-17-7-3-4-8-18(17)26-24)27-19-10-9-16(6-5-12-31)14-20(19)36-2/h3-4,7-10,14-15,31,37H,5-6,11-13H2,1-2H3,(H,25,27)(H,26,29). The molecule has 0 saturated carbocycles. The number of sulfonamides is 1. The summed E-state index contributed by atoms with van der Waals surface area (Å²) in [5.41, 5.74) is 2.53. The summed E-state index contributed by atoms with van der Waals surface area (Å²) in [6.07, 6.45) is 2.68. The lowest BCUT2D eigenvalue weighted by molar-refractivity contribution is 0.288. The topological polar surface area (TPSA) is 165 Å². The second-order valence-corrected chi connectivity index (χ2v) is 11.2. The average molecular weight is 561 g/mol. The van der Waals surface area contributed by atoms with Gasteiger partial charge < -0.3 is 19.7 Å². The molecule has 4 rings (SSSR count). The number of para-hydroxylation sites is 2. The fourth-order valence-corrected chi connectivity index (χ4v) is 5.18. The van der Waals surface area contributed by atoms with Gasteiger partial charge in [0.05, 0.1) is 29.6 Å². The first-order valence-electron chi connectivity index (χ1n) is 11.7. The molecule has 0 fully saturated rings. The van der Waals surface area contributed by atoms with Crippen LogP contribution in [0.25, 0.3) is 11.0 Å². The van der Waals surface area contributed by atoms with Crippen LogP contribution in [0.1, 0.15) is 17.8 Å². The largest absolute Gasteiger partial charge is 0.495 e. The maximum atomic E-state index is 13.3. The van der Waals surface area contributed by atoms with Gasteiger partial charge in [-0.2, -0.15) is 8.42 Å². The first-order valence-corrected chi connectivity index (χ1v) is 14.5. The first kappa shape index (κ1) is 27.3. The molecule has 38 heavy (non-hydrogen) atoms. The molecule has 0 radical (unpaired) electrons. The molecule has 4 aromatic rings. The average Bonchev–Trinajstić information content (AvgIpc) is 3.28. The van der Waals surface area contributed by atoms with Gasteiger partial charge in [0.25, 0.3) is 10.0 Å². The van der Waals surface area contributed by atoms with E-state index >= 15 is 0 Å². The van der Waals surface area contributed by atoms with Crippen LogP contribution < -0.4 is 14.8 Å². The molecule has 0 aliphatic heterocycles. The van der Waals surface area contributed by atoms with Gasteiger partial charge in [-0.05, 0) is 42.7 Å². The molecule has 2 heterocycles. The number of fused-ring (bicyclic) bond motifs is 1. The Hall–Kier alpha value is -3.75. The fraction of sp³-hybridized carbons (Fsp3) is 0.292. The van der Waals surface area contributed by atoms with Crippen molar-refractivity contribution in [1.82, 2.24) is 19.5 Å². The van der Waals surface area contributed by atoms with Crippen molar-refractivity contribution in [3.05, 3.63) is 60.0 Å². The minimum atomic E-state index is -4.20. The van der Waals surface area contributed by atoms with E-state index in [0.717, 1.165) is 5.56 Å². The molecule has 0 amide bonds. The number of benzene rings is 2. The predicted octanol–water partition coefficient (Wildman–Crippen LogP) is 2.00. The van der Waals surface area contributed by atoms with E-state index in [1.54, 1.807) is 37.4 Å². The molecule has 14 heteroatoms. The number of hydrogen-bond acceptors (Lipinski definition) is 10. The zero-order valence-corrected chi connectivity index (χ0v) is 22.5. The monoisotopic (exact) mass is 560 g/mol. The third kappa shape index (κ3) is 6.38. The van der Waals surface area contributed by atoms with E-state index in [2.05, 4.69) is 25.0 Å². The molecule has 12 nitrogen and oxygen atoms in total. The Morgan fingerprint density at radius 1 is 1.03 bits per heavy atom. The van der Waals surface area contributed by atoms with E-state index in [9.17, 15) is 16.8 Å². The van der Waals surface area contributed by atoms with Crippen LogP contribution in [0.2, 0.25) is 0 Å². The zero-order valence-electron chi connectivity index (χ0n) is 20.8. The summed E-state index contributed by atoms with van der Waals surface area (Å²) in [6.45, 7) is 0.0782.